The molecule has 0 N–H and O–H groups in total. The molecule has 2 heteroatoms. The SMILES string of the molecule is CC(C)C1=N[N]c2ccccc21. The van der Waals surface area contributed by atoms with Crippen LogP contribution in [0.1, 0.15) is 19.4 Å². The molecule has 2 rings (SSSR count). The highest BCUT2D eigenvalue weighted by molar-refractivity contribution is 6.07. The molecule has 61 valence electrons. The Morgan fingerprint density at radius 1 is 1.17 bits per heavy atom. The molecular weight excluding hydrogens is 148 g/mol. The summed E-state index contributed by atoms with van der Waals surface area (Å²) in [4.78, 5) is 0. The maximum absolute atomic E-state index is 4.14. The quantitative estimate of drug-likeness (QED) is 0.601. The Morgan fingerprint density at radius 3 is 2.67 bits per heavy atom. The predicted molar refractivity (Wildman–Crippen MR) is 49.6 cm³/mol. The molecule has 0 spiro atoms. The van der Waals surface area contributed by atoms with Crippen molar-refractivity contribution in [3.05, 3.63) is 29.8 Å². The highest BCUT2D eigenvalue weighted by atomic mass is 15.3. The lowest BCUT2D eigenvalue weighted by molar-refractivity contribution is 0.869. The molecule has 0 saturated carbocycles. The van der Waals surface area contributed by atoms with Crippen molar-refractivity contribution in [1.29, 1.82) is 0 Å². The van der Waals surface area contributed by atoms with Gasteiger partial charge in [-0.1, -0.05) is 32.0 Å². The van der Waals surface area contributed by atoms with Gasteiger partial charge in [-0.15, -0.1) is 0 Å². The fourth-order valence-electron chi connectivity index (χ4n) is 1.37. The molecule has 1 heterocycles. The minimum atomic E-state index is 0.456. The van der Waals surface area contributed by atoms with E-state index in [-0.39, 0.29) is 0 Å². The van der Waals surface area contributed by atoms with E-state index in [1.54, 1.807) is 0 Å². The first-order chi connectivity index (χ1) is 5.79. The Hall–Kier alpha value is -1.31. The van der Waals surface area contributed by atoms with Crippen molar-refractivity contribution in [3.63, 3.8) is 0 Å². The summed E-state index contributed by atoms with van der Waals surface area (Å²) in [5, 5.41) is 4.14. The van der Waals surface area contributed by atoms with Crippen LogP contribution in [0.4, 0.5) is 5.69 Å². The maximum Gasteiger partial charge on any atom is 0.0948 e. The first-order valence-electron chi connectivity index (χ1n) is 4.17. The van der Waals surface area contributed by atoms with Crippen molar-refractivity contribution in [1.82, 2.24) is 5.43 Å². The number of fused-ring (bicyclic) bond motifs is 1. The second kappa shape index (κ2) is 2.63. The van der Waals surface area contributed by atoms with Gasteiger partial charge in [0.25, 0.3) is 0 Å². The summed E-state index contributed by atoms with van der Waals surface area (Å²) in [6.07, 6.45) is 0. The zero-order valence-corrected chi connectivity index (χ0v) is 7.28. The van der Waals surface area contributed by atoms with Gasteiger partial charge in [-0.25, -0.2) is 0 Å². The summed E-state index contributed by atoms with van der Waals surface area (Å²) < 4.78 is 0. The fourth-order valence-corrected chi connectivity index (χ4v) is 1.37. The van der Waals surface area contributed by atoms with E-state index in [0.717, 1.165) is 11.4 Å². The minimum Gasteiger partial charge on any atom is -0.154 e. The van der Waals surface area contributed by atoms with Gasteiger partial charge in [0.1, 0.15) is 0 Å². The summed E-state index contributed by atoms with van der Waals surface area (Å²) in [5.41, 5.74) is 7.38. The van der Waals surface area contributed by atoms with E-state index in [1.807, 2.05) is 18.2 Å². The molecule has 1 aromatic carbocycles. The molecule has 0 amide bonds. The first-order valence-corrected chi connectivity index (χ1v) is 4.17. The smallest absolute Gasteiger partial charge is 0.0948 e. The monoisotopic (exact) mass is 159 g/mol. The zero-order chi connectivity index (χ0) is 8.55. The van der Waals surface area contributed by atoms with Gasteiger partial charge in [-0.3, -0.25) is 0 Å². The Kier molecular flexibility index (Phi) is 1.61. The van der Waals surface area contributed by atoms with E-state index in [0.29, 0.717) is 5.92 Å². The van der Waals surface area contributed by atoms with Crippen LogP contribution in [0.25, 0.3) is 0 Å². The average Bonchev–Trinajstić information content (AvgIpc) is 2.47. The Labute approximate surface area is 72.3 Å². The Balaban J connectivity index is 2.45. The number of nitrogens with zero attached hydrogens (tertiary/aromatic N) is 2. The summed E-state index contributed by atoms with van der Waals surface area (Å²) in [5.74, 6) is 0.456. The van der Waals surface area contributed by atoms with Gasteiger partial charge >= 0.3 is 0 Å². The van der Waals surface area contributed by atoms with Gasteiger partial charge in [0.15, 0.2) is 0 Å². The molecular formula is C10H11N2. The third-order valence-corrected chi connectivity index (χ3v) is 1.99. The number of hydrogen-bond donors (Lipinski definition) is 0. The first kappa shape index (κ1) is 7.35. The lowest BCUT2D eigenvalue weighted by atomic mass is 10.00. The van der Waals surface area contributed by atoms with Crippen LogP contribution in [0.3, 0.4) is 0 Å². The van der Waals surface area contributed by atoms with Gasteiger partial charge in [-0.05, 0) is 12.0 Å². The maximum atomic E-state index is 4.14. The second-order valence-corrected chi connectivity index (χ2v) is 3.26. The molecule has 0 saturated heterocycles. The number of hydrogen-bond acceptors (Lipinski definition) is 1. The molecule has 2 nitrogen and oxygen atoms in total. The highest BCUT2D eigenvalue weighted by Crippen LogP contribution is 2.24. The van der Waals surface area contributed by atoms with E-state index in [1.165, 1.54) is 5.56 Å². The van der Waals surface area contributed by atoms with Crippen LogP contribution in [-0.2, 0) is 0 Å². The highest BCUT2D eigenvalue weighted by Gasteiger charge is 2.18. The molecule has 0 aliphatic carbocycles. The number of rotatable bonds is 1. The van der Waals surface area contributed by atoms with Crippen molar-refractivity contribution in [2.45, 2.75) is 13.8 Å². The van der Waals surface area contributed by atoms with Gasteiger partial charge in [0, 0.05) is 5.56 Å². The minimum absolute atomic E-state index is 0.456. The van der Waals surface area contributed by atoms with Crippen molar-refractivity contribution < 1.29 is 0 Å². The van der Waals surface area contributed by atoms with Crippen molar-refractivity contribution in [3.8, 4) is 0 Å². The van der Waals surface area contributed by atoms with Crippen LogP contribution >= 0.6 is 0 Å². The predicted octanol–water partition coefficient (Wildman–Crippen LogP) is 2.30. The molecule has 0 aromatic heterocycles. The summed E-state index contributed by atoms with van der Waals surface area (Å²) in [6, 6.07) is 8.08. The molecule has 1 aliphatic rings. The number of benzene rings is 1. The summed E-state index contributed by atoms with van der Waals surface area (Å²) in [7, 11) is 0. The van der Waals surface area contributed by atoms with E-state index >= 15 is 0 Å². The van der Waals surface area contributed by atoms with Crippen LogP contribution in [0.2, 0.25) is 0 Å². The van der Waals surface area contributed by atoms with Gasteiger partial charge in [0.2, 0.25) is 0 Å². The molecule has 0 unspecified atom stereocenters. The second-order valence-electron chi connectivity index (χ2n) is 3.26. The van der Waals surface area contributed by atoms with E-state index in [9.17, 15) is 0 Å². The summed E-state index contributed by atoms with van der Waals surface area (Å²) in [6.45, 7) is 4.27. The Bertz CT molecular complexity index is 326. The van der Waals surface area contributed by atoms with Crippen LogP contribution in [0.15, 0.2) is 29.4 Å². The van der Waals surface area contributed by atoms with E-state index in [2.05, 4.69) is 30.4 Å². The van der Waals surface area contributed by atoms with Crippen LogP contribution in [0, 0.1) is 5.92 Å². The lowest BCUT2D eigenvalue weighted by Gasteiger charge is -2.03. The van der Waals surface area contributed by atoms with Crippen molar-refractivity contribution >= 4 is 11.4 Å². The van der Waals surface area contributed by atoms with Crippen LogP contribution in [0.5, 0.6) is 0 Å². The lowest BCUT2D eigenvalue weighted by Crippen LogP contribution is -2.05. The molecule has 1 aliphatic heterocycles. The van der Waals surface area contributed by atoms with Gasteiger partial charge in [0.05, 0.1) is 11.4 Å². The average molecular weight is 159 g/mol. The summed E-state index contributed by atoms with van der Waals surface area (Å²) >= 11 is 0. The normalized spacial score (nSPS) is 14.1. The molecule has 0 bridgehead atoms. The Morgan fingerprint density at radius 2 is 1.92 bits per heavy atom. The van der Waals surface area contributed by atoms with Gasteiger partial charge in [-0.2, -0.15) is 10.5 Å². The molecule has 1 aromatic rings. The van der Waals surface area contributed by atoms with E-state index < -0.39 is 0 Å². The van der Waals surface area contributed by atoms with E-state index in [4.69, 9.17) is 0 Å². The fraction of sp³-hybridized carbons (Fsp3) is 0.300. The zero-order valence-electron chi connectivity index (χ0n) is 7.28. The van der Waals surface area contributed by atoms with Crippen LogP contribution < -0.4 is 5.43 Å². The van der Waals surface area contributed by atoms with Crippen LogP contribution in [-0.4, -0.2) is 5.71 Å². The molecule has 0 fully saturated rings. The third kappa shape index (κ3) is 0.998. The molecule has 0 atom stereocenters. The van der Waals surface area contributed by atoms with Crippen molar-refractivity contribution in [2.24, 2.45) is 11.0 Å². The third-order valence-electron chi connectivity index (χ3n) is 1.99. The van der Waals surface area contributed by atoms with Gasteiger partial charge < -0.3 is 0 Å². The van der Waals surface area contributed by atoms with Crippen molar-refractivity contribution in [2.75, 3.05) is 0 Å². The standard InChI is InChI=1S/C10H11N2/c1-7(2)10-8-5-3-4-6-9(8)11-12-10/h3-7H,1-2H3. The largest absolute Gasteiger partial charge is 0.154 e. The molecule has 1 radical (unpaired) electrons. The topological polar surface area (TPSA) is 26.5 Å². The molecule has 12 heavy (non-hydrogen) atoms.